The van der Waals surface area contributed by atoms with Gasteiger partial charge in [-0.15, -0.1) is 10.2 Å². The number of nitrogens with one attached hydrogen (secondary N) is 1. The van der Waals surface area contributed by atoms with Crippen LogP contribution in [0.4, 0.5) is 5.82 Å². The van der Waals surface area contributed by atoms with E-state index in [2.05, 4.69) is 15.5 Å². The van der Waals surface area contributed by atoms with Crippen LogP contribution in [0.25, 0.3) is 0 Å². The summed E-state index contributed by atoms with van der Waals surface area (Å²) < 4.78 is 4.95. The first-order valence-electron chi connectivity index (χ1n) is 6.08. The van der Waals surface area contributed by atoms with Crippen molar-refractivity contribution in [3.63, 3.8) is 0 Å². The standard InChI is InChI=1S/C12H21N5O2/c1-17(2)12(18)10-4-5-11(16-15-10)14-7-6-9(13)8-19-3/h4-5,9H,6-8,13H2,1-3H3,(H,14,16). The Labute approximate surface area is 113 Å². The van der Waals surface area contributed by atoms with E-state index in [9.17, 15) is 4.79 Å². The van der Waals surface area contributed by atoms with Gasteiger partial charge in [0.1, 0.15) is 5.82 Å². The third kappa shape index (κ3) is 5.19. The Morgan fingerprint density at radius 1 is 1.47 bits per heavy atom. The van der Waals surface area contributed by atoms with Gasteiger partial charge in [-0.05, 0) is 18.6 Å². The van der Waals surface area contributed by atoms with Crippen LogP contribution in [0.5, 0.6) is 0 Å². The Morgan fingerprint density at radius 3 is 2.74 bits per heavy atom. The zero-order chi connectivity index (χ0) is 14.3. The van der Waals surface area contributed by atoms with Gasteiger partial charge in [0.25, 0.3) is 5.91 Å². The molecule has 0 saturated heterocycles. The van der Waals surface area contributed by atoms with Gasteiger partial charge in [0.2, 0.25) is 0 Å². The molecule has 0 aliphatic heterocycles. The van der Waals surface area contributed by atoms with E-state index < -0.39 is 0 Å². The minimum absolute atomic E-state index is 0.0000474. The quantitative estimate of drug-likeness (QED) is 0.719. The number of rotatable bonds is 7. The molecule has 19 heavy (non-hydrogen) atoms. The van der Waals surface area contributed by atoms with E-state index in [0.717, 1.165) is 6.42 Å². The van der Waals surface area contributed by atoms with Crippen LogP contribution < -0.4 is 11.1 Å². The largest absolute Gasteiger partial charge is 0.383 e. The van der Waals surface area contributed by atoms with Crippen LogP contribution >= 0.6 is 0 Å². The number of hydrogen-bond donors (Lipinski definition) is 2. The maximum Gasteiger partial charge on any atom is 0.273 e. The van der Waals surface area contributed by atoms with Crippen LogP contribution in [0.2, 0.25) is 0 Å². The fraction of sp³-hybridized carbons (Fsp3) is 0.583. The molecule has 1 amide bonds. The fourth-order valence-corrected chi connectivity index (χ4v) is 1.45. The molecule has 3 N–H and O–H groups in total. The highest BCUT2D eigenvalue weighted by molar-refractivity contribution is 5.91. The van der Waals surface area contributed by atoms with E-state index in [4.69, 9.17) is 10.5 Å². The second-order valence-electron chi connectivity index (χ2n) is 4.43. The van der Waals surface area contributed by atoms with Crippen molar-refractivity contribution in [2.24, 2.45) is 5.73 Å². The summed E-state index contributed by atoms with van der Waals surface area (Å²) in [5, 5.41) is 10.9. The molecule has 1 atom stereocenters. The van der Waals surface area contributed by atoms with Crippen molar-refractivity contribution in [3.8, 4) is 0 Å². The minimum atomic E-state index is -0.166. The van der Waals surface area contributed by atoms with Gasteiger partial charge >= 0.3 is 0 Å². The molecular formula is C12H21N5O2. The number of hydrogen-bond acceptors (Lipinski definition) is 6. The predicted octanol–water partition coefficient (Wildman–Crippen LogP) is -0.0459. The second kappa shape index (κ2) is 7.65. The summed E-state index contributed by atoms with van der Waals surface area (Å²) in [7, 11) is 4.97. The highest BCUT2D eigenvalue weighted by Gasteiger charge is 2.10. The van der Waals surface area contributed by atoms with Crippen LogP contribution in [0.1, 0.15) is 16.9 Å². The van der Waals surface area contributed by atoms with Gasteiger partial charge < -0.3 is 20.7 Å². The smallest absolute Gasteiger partial charge is 0.273 e. The summed E-state index contributed by atoms with van der Waals surface area (Å²) in [4.78, 5) is 13.1. The molecule has 0 spiro atoms. The van der Waals surface area contributed by atoms with Gasteiger partial charge in [-0.25, -0.2) is 0 Å². The Bertz CT molecular complexity index is 394. The van der Waals surface area contributed by atoms with E-state index >= 15 is 0 Å². The summed E-state index contributed by atoms with van der Waals surface area (Å²) in [5.74, 6) is 0.459. The Morgan fingerprint density at radius 2 is 2.21 bits per heavy atom. The second-order valence-corrected chi connectivity index (χ2v) is 4.43. The van der Waals surface area contributed by atoms with Gasteiger partial charge in [0.15, 0.2) is 5.69 Å². The number of methoxy groups -OCH3 is 1. The van der Waals surface area contributed by atoms with Crippen molar-refractivity contribution in [1.29, 1.82) is 0 Å². The minimum Gasteiger partial charge on any atom is -0.383 e. The van der Waals surface area contributed by atoms with Crippen molar-refractivity contribution in [2.75, 3.05) is 39.7 Å². The van der Waals surface area contributed by atoms with E-state index in [-0.39, 0.29) is 11.9 Å². The number of ether oxygens (including phenoxy) is 1. The molecule has 0 bridgehead atoms. The molecule has 0 aromatic carbocycles. The van der Waals surface area contributed by atoms with Gasteiger partial charge in [-0.1, -0.05) is 0 Å². The third-order valence-corrected chi connectivity index (χ3v) is 2.49. The van der Waals surface area contributed by atoms with Gasteiger partial charge in [0.05, 0.1) is 6.61 Å². The van der Waals surface area contributed by atoms with E-state index in [1.54, 1.807) is 33.3 Å². The maximum absolute atomic E-state index is 11.6. The monoisotopic (exact) mass is 267 g/mol. The first-order valence-corrected chi connectivity index (χ1v) is 6.08. The van der Waals surface area contributed by atoms with Crippen molar-refractivity contribution in [2.45, 2.75) is 12.5 Å². The average molecular weight is 267 g/mol. The zero-order valence-electron chi connectivity index (χ0n) is 11.6. The number of aromatic nitrogens is 2. The van der Waals surface area contributed by atoms with Crippen LogP contribution in [0.15, 0.2) is 12.1 Å². The lowest BCUT2D eigenvalue weighted by Crippen LogP contribution is -2.28. The third-order valence-electron chi connectivity index (χ3n) is 2.49. The van der Waals surface area contributed by atoms with Crippen LogP contribution in [0, 0.1) is 0 Å². The molecule has 1 rings (SSSR count). The topological polar surface area (TPSA) is 93.4 Å². The molecule has 106 valence electrons. The van der Waals surface area contributed by atoms with Crippen molar-refractivity contribution in [3.05, 3.63) is 17.8 Å². The van der Waals surface area contributed by atoms with Crippen molar-refractivity contribution >= 4 is 11.7 Å². The van der Waals surface area contributed by atoms with Gasteiger partial charge in [-0.2, -0.15) is 0 Å². The highest BCUT2D eigenvalue weighted by Crippen LogP contribution is 2.04. The zero-order valence-corrected chi connectivity index (χ0v) is 11.6. The molecule has 0 aliphatic carbocycles. The number of carbonyl (C=O) groups is 1. The van der Waals surface area contributed by atoms with Crippen LogP contribution in [0.3, 0.4) is 0 Å². The molecule has 0 fully saturated rings. The molecule has 1 aromatic heterocycles. The van der Waals surface area contributed by atoms with Crippen LogP contribution in [-0.4, -0.2) is 61.4 Å². The van der Waals surface area contributed by atoms with Gasteiger partial charge in [0, 0.05) is 33.8 Å². The normalized spacial score (nSPS) is 12.0. The number of nitrogens with two attached hydrogens (primary N) is 1. The molecule has 1 heterocycles. The van der Waals surface area contributed by atoms with Crippen molar-refractivity contribution in [1.82, 2.24) is 15.1 Å². The molecule has 0 aliphatic rings. The Balaban J connectivity index is 2.42. The summed E-state index contributed by atoms with van der Waals surface area (Å²) in [6, 6.07) is 3.37. The predicted molar refractivity (Wildman–Crippen MR) is 73.0 cm³/mol. The van der Waals surface area contributed by atoms with E-state index in [1.807, 2.05) is 0 Å². The van der Waals surface area contributed by atoms with Crippen molar-refractivity contribution < 1.29 is 9.53 Å². The molecule has 7 nitrogen and oxygen atoms in total. The number of carbonyl (C=O) groups excluding carboxylic acids is 1. The van der Waals surface area contributed by atoms with E-state index in [1.165, 1.54) is 4.90 Å². The SMILES string of the molecule is COCC(N)CCNc1ccc(C(=O)N(C)C)nn1. The van der Waals surface area contributed by atoms with Gasteiger partial charge in [-0.3, -0.25) is 4.79 Å². The highest BCUT2D eigenvalue weighted by atomic mass is 16.5. The molecule has 0 saturated carbocycles. The summed E-state index contributed by atoms with van der Waals surface area (Å²) >= 11 is 0. The first kappa shape index (κ1) is 15.3. The molecule has 7 heteroatoms. The molecular weight excluding hydrogens is 246 g/mol. The fourth-order valence-electron chi connectivity index (χ4n) is 1.45. The lowest BCUT2D eigenvalue weighted by atomic mass is 10.2. The molecule has 1 unspecified atom stereocenters. The number of anilines is 1. The summed E-state index contributed by atoms with van der Waals surface area (Å²) in [6.45, 7) is 1.21. The molecule has 0 radical (unpaired) electrons. The number of nitrogens with zero attached hydrogens (tertiary/aromatic N) is 3. The molecule has 1 aromatic rings. The Kier molecular flexibility index (Phi) is 6.17. The summed E-state index contributed by atoms with van der Waals surface area (Å²) in [6.07, 6.45) is 0.772. The first-order chi connectivity index (χ1) is 9.04. The lowest BCUT2D eigenvalue weighted by Gasteiger charge is -2.11. The van der Waals surface area contributed by atoms with Crippen LogP contribution in [-0.2, 0) is 4.74 Å². The Hall–Kier alpha value is -1.73. The average Bonchev–Trinajstić information content (AvgIpc) is 2.39. The number of amides is 1. The summed E-state index contributed by atoms with van der Waals surface area (Å²) in [5.41, 5.74) is 6.12. The van der Waals surface area contributed by atoms with E-state index in [0.29, 0.717) is 24.7 Å². The lowest BCUT2D eigenvalue weighted by molar-refractivity contribution is 0.0821. The maximum atomic E-state index is 11.6.